The molecule has 4 rings (SSSR count). The molecule has 1 fully saturated rings. The maximum atomic E-state index is 6.32. The second-order valence-electron chi connectivity index (χ2n) is 6.00. The number of aromatic nitrogens is 3. The molecule has 0 aliphatic carbocycles. The van der Waals surface area contributed by atoms with E-state index in [2.05, 4.69) is 37.3 Å². The van der Waals surface area contributed by atoms with E-state index < -0.39 is 0 Å². The molecular formula is C18H18ClN5. The zero-order valence-corrected chi connectivity index (χ0v) is 13.9. The minimum absolute atomic E-state index is 0.298. The summed E-state index contributed by atoms with van der Waals surface area (Å²) in [4.78, 5) is 15.4. The second-order valence-corrected chi connectivity index (χ2v) is 6.36. The third kappa shape index (κ3) is 3.12. The Kier molecular flexibility index (Phi) is 4.17. The van der Waals surface area contributed by atoms with Crippen LogP contribution in [-0.2, 0) is 0 Å². The van der Waals surface area contributed by atoms with Crippen molar-refractivity contribution in [2.24, 2.45) is 0 Å². The van der Waals surface area contributed by atoms with Crippen LogP contribution in [0, 0.1) is 0 Å². The molecule has 1 N–H and O–H groups in total. The van der Waals surface area contributed by atoms with Gasteiger partial charge in [0.05, 0.1) is 0 Å². The lowest BCUT2D eigenvalue weighted by atomic mass is 10.1. The number of hydrogen-bond donors (Lipinski definition) is 1. The third-order valence-corrected chi connectivity index (χ3v) is 4.59. The van der Waals surface area contributed by atoms with Crippen molar-refractivity contribution in [3.63, 3.8) is 0 Å². The molecule has 0 unspecified atom stereocenters. The van der Waals surface area contributed by atoms with E-state index in [1.54, 1.807) is 12.4 Å². The Balaban J connectivity index is 1.53. The summed E-state index contributed by atoms with van der Waals surface area (Å²) in [6, 6.07) is 12.2. The SMILES string of the molecule is Clc1nc(N[C@H]2CCCN(c3ncccn3)C2)cc2ccccc12. The van der Waals surface area contributed by atoms with Crippen molar-refractivity contribution < 1.29 is 0 Å². The molecule has 1 atom stereocenters. The predicted octanol–water partition coefficient (Wildman–Crippen LogP) is 3.76. The van der Waals surface area contributed by atoms with Crippen LogP contribution >= 0.6 is 11.6 Å². The molecule has 0 saturated carbocycles. The maximum Gasteiger partial charge on any atom is 0.225 e. The molecule has 0 radical (unpaired) electrons. The van der Waals surface area contributed by atoms with Gasteiger partial charge in [0.2, 0.25) is 5.95 Å². The van der Waals surface area contributed by atoms with Gasteiger partial charge in [-0.05, 0) is 30.4 Å². The van der Waals surface area contributed by atoms with Gasteiger partial charge >= 0.3 is 0 Å². The second kappa shape index (κ2) is 6.61. The summed E-state index contributed by atoms with van der Waals surface area (Å²) in [5.41, 5.74) is 0. The van der Waals surface area contributed by atoms with Crippen LogP contribution in [0.3, 0.4) is 0 Å². The molecule has 24 heavy (non-hydrogen) atoms. The Morgan fingerprint density at radius 2 is 1.96 bits per heavy atom. The van der Waals surface area contributed by atoms with Gasteiger partial charge in [-0.25, -0.2) is 15.0 Å². The first kappa shape index (κ1) is 15.1. The van der Waals surface area contributed by atoms with E-state index in [0.717, 1.165) is 48.5 Å². The molecule has 5 nitrogen and oxygen atoms in total. The summed E-state index contributed by atoms with van der Waals surface area (Å²) in [5.74, 6) is 1.60. The van der Waals surface area contributed by atoms with Crippen LogP contribution < -0.4 is 10.2 Å². The Hall–Kier alpha value is -2.40. The number of fused-ring (bicyclic) bond motifs is 1. The number of pyridine rings is 1. The van der Waals surface area contributed by atoms with Crippen LogP contribution in [0.2, 0.25) is 5.15 Å². The number of nitrogens with one attached hydrogen (secondary N) is 1. The van der Waals surface area contributed by atoms with Crippen molar-refractivity contribution in [3.8, 4) is 0 Å². The van der Waals surface area contributed by atoms with Gasteiger partial charge < -0.3 is 10.2 Å². The number of piperidine rings is 1. The molecule has 1 aromatic carbocycles. The van der Waals surface area contributed by atoms with Crippen molar-refractivity contribution in [3.05, 3.63) is 53.9 Å². The monoisotopic (exact) mass is 339 g/mol. The predicted molar refractivity (Wildman–Crippen MR) is 97.6 cm³/mol. The Morgan fingerprint density at radius 3 is 2.83 bits per heavy atom. The molecule has 1 saturated heterocycles. The highest BCUT2D eigenvalue weighted by atomic mass is 35.5. The normalized spacial score (nSPS) is 17.9. The lowest BCUT2D eigenvalue weighted by Gasteiger charge is -2.33. The van der Waals surface area contributed by atoms with Crippen molar-refractivity contribution in [2.75, 3.05) is 23.3 Å². The Bertz CT molecular complexity index is 839. The van der Waals surface area contributed by atoms with E-state index in [0.29, 0.717) is 11.2 Å². The molecule has 2 aromatic heterocycles. The van der Waals surface area contributed by atoms with Gasteiger partial charge in [0.15, 0.2) is 0 Å². The quantitative estimate of drug-likeness (QED) is 0.736. The summed E-state index contributed by atoms with van der Waals surface area (Å²) in [7, 11) is 0. The first-order valence-corrected chi connectivity index (χ1v) is 8.51. The van der Waals surface area contributed by atoms with Crippen molar-refractivity contribution >= 4 is 34.1 Å². The summed E-state index contributed by atoms with van der Waals surface area (Å²) in [5, 5.41) is 6.13. The maximum absolute atomic E-state index is 6.32. The van der Waals surface area contributed by atoms with Crippen LogP contribution in [0.25, 0.3) is 10.8 Å². The summed E-state index contributed by atoms with van der Waals surface area (Å²) in [6.45, 7) is 1.84. The number of halogens is 1. The molecule has 6 heteroatoms. The lowest BCUT2D eigenvalue weighted by molar-refractivity contribution is 0.522. The van der Waals surface area contributed by atoms with Crippen LogP contribution in [0.4, 0.5) is 11.8 Å². The van der Waals surface area contributed by atoms with E-state index in [4.69, 9.17) is 11.6 Å². The zero-order valence-electron chi connectivity index (χ0n) is 13.2. The minimum atomic E-state index is 0.298. The average molecular weight is 340 g/mol. The van der Waals surface area contributed by atoms with Crippen molar-refractivity contribution in [1.29, 1.82) is 0 Å². The van der Waals surface area contributed by atoms with E-state index in [1.807, 2.05) is 24.3 Å². The highest BCUT2D eigenvalue weighted by molar-refractivity contribution is 6.34. The molecule has 1 aliphatic rings. The van der Waals surface area contributed by atoms with E-state index >= 15 is 0 Å². The summed E-state index contributed by atoms with van der Waals surface area (Å²) in [6.07, 6.45) is 5.75. The van der Waals surface area contributed by atoms with Gasteiger partial charge in [0.25, 0.3) is 0 Å². The number of anilines is 2. The molecule has 3 heterocycles. The molecule has 1 aliphatic heterocycles. The smallest absolute Gasteiger partial charge is 0.225 e. The van der Waals surface area contributed by atoms with Gasteiger partial charge in [-0.3, -0.25) is 0 Å². The first-order valence-electron chi connectivity index (χ1n) is 8.13. The Labute approximate surface area is 145 Å². The topological polar surface area (TPSA) is 53.9 Å². The van der Waals surface area contributed by atoms with Crippen molar-refractivity contribution in [1.82, 2.24) is 15.0 Å². The molecule has 0 bridgehead atoms. The third-order valence-electron chi connectivity index (χ3n) is 4.30. The highest BCUT2D eigenvalue weighted by Crippen LogP contribution is 2.26. The van der Waals surface area contributed by atoms with Crippen LogP contribution in [0.5, 0.6) is 0 Å². The van der Waals surface area contributed by atoms with Crippen LogP contribution in [-0.4, -0.2) is 34.1 Å². The fraction of sp³-hybridized carbons (Fsp3) is 0.278. The zero-order chi connectivity index (χ0) is 16.4. The van der Waals surface area contributed by atoms with Gasteiger partial charge in [-0.1, -0.05) is 35.9 Å². The van der Waals surface area contributed by atoms with Crippen LogP contribution in [0.1, 0.15) is 12.8 Å². The number of nitrogens with zero attached hydrogens (tertiary/aromatic N) is 4. The minimum Gasteiger partial charge on any atom is -0.365 e. The first-order chi connectivity index (χ1) is 11.8. The van der Waals surface area contributed by atoms with Gasteiger partial charge in [-0.15, -0.1) is 0 Å². The number of rotatable bonds is 3. The van der Waals surface area contributed by atoms with Gasteiger partial charge in [0, 0.05) is 36.9 Å². The fourth-order valence-corrected chi connectivity index (χ4v) is 3.43. The van der Waals surface area contributed by atoms with Crippen LogP contribution in [0.15, 0.2) is 48.8 Å². The van der Waals surface area contributed by atoms with E-state index in [9.17, 15) is 0 Å². The average Bonchev–Trinajstić information content (AvgIpc) is 2.63. The summed E-state index contributed by atoms with van der Waals surface area (Å²) < 4.78 is 0. The van der Waals surface area contributed by atoms with E-state index in [1.165, 1.54) is 0 Å². The fourth-order valence-electron chi connectivity index (χ4n) is 3.17. The van der Waals surface area contributed by atoms with Gasteiger partial charge in [0.1, 0.15) is 11.0 Å². The largest absolute Gasteiger partial charge is 0.365 e. The highest BCUT2D eigenvalue weighted by Gasteiger charge is 2.22. The summed E-state index contributed by atoms with van der Waals surface area (Å²) >= 11 is 6.32. The molecule has 0 spiro atoms. The molecule has 0 amide bonds. The molecule has 3 aromatic rings. The molecular weight excluding hydrogens is 322 g/mol. The van der Waals surface area contributed by atoms with Gasteiger partial charge in [-0.2, -0.15) is 0 Å². The number of hydrogen-bond acceptors (Lipinski definition) is 5. The lowest BCUT2D eigenvalue weighted by Crippen LogP contribution is -2.43. The Morgan fingerprint density at radius 1 is 1.12 bits per heavy atom. The van der Waals surface area contributed by atoms with E-state index in [-0.39, 0.29) is 0 Å². The van der Waals surface area contributed by atoms with Crippen molar-refractivity contribution in [2.45, 2.75) is 18.9 Å². The molecule has 122 valence electrons. The standard InChI is InChI=1S/C18H18ClN5/c19-17-15-7-2-1-5-13(15)11-16(23-17)22-14-6-3-10-24(12-14)18-20-8-4-9-21-18/h1-2,4-5,7-9,11,14H,3,6,10,12H2,(H,22,23)/t14-/m0/s1. The number of benzene rings is 1.